The summed E-state index contributed by atoms with van der Waals surface area (Å²) in [5, 5.41) is 17.9. The summed E-state index contributed by atoms with van der Waals surface area (Å²) in [5.41, 5.74) is 18.1. The van der Waals surface area contributed by atoms with Crippen LogP contribution < -0.4 is 5.46 Å². The summed E-state index contributed by atoms with van der Waals surface area (Å²) < 4.78 is 1.13. The van der Waals surface area contributed by atoms with Gasteiger partial charge < -0.3 is 10.0 Å². The van der Waals surface area contributed by atoms with Crippen molar-refractivity contribution in [3.05, 3.63) is 294 Å². The van der Waals surface area contributed by atoms with E-state index >= 15 is 0 Å². The first-order valence-corrected chi connectivity index (χ1v) is 23.0. The van der Waals surface area contributed by atoms with Crippen molar-refractivity contribution >= 4 is 28.5 Å². The summed E-state index contributed by atoms with van der Waals surface area (Å²) >= 11 is 3.47. The molecule has 10 aromatic carbocycles. The molecular formula is C62H50BBrO2. The van der Waals surface area contributed by atoms with Crippen molar-refractivity contribution in [1.82, 2.24) is 0 Å². The molecule has 0 saturated carbocycles. The molecule has 0 atom stereocenters. The van der Waals surface area contributed by atoms with E-state index in [-0.39, 0.29) is 0 Å². The normalized spacial score (nSPS) is 10.5. The molecule has 0 aliphatic carbocycles. The van der Waals surface area contributed by atoms with Crippen LogP contribution in [-0.2, 0) is 12.8 Å². The minimum absolute atomic E-state index is 0.509. The van der Waals surface area contributed by atoms with Gasteiger partial charge in [0.1, 0.15) is 0 Å². The first-order chi connectivity index (χ1) is 32.4. The van der Waals surface area contributed by atoms with Crippen LogP contribution in [0.1, 0.15) is 22.3 Å². The highest BCUT2D eigenvalue weighted by Gasteiger charge is 2.10. The zero-order chi connectivity index (χ0) is 45.3. The van der Waals surface area contributed by atoms with E-state index in [0.717, 1.165) is 28.4 Å². The van der Waals surface area contributed by atoms with E-state index in [1.165, 1.54) is 66.8 Å². The highest BCUT2D eigenvalue weighted by Crippen LogP contribution is 2.27. The predicted molar refractivity (Wildman–Crippen MR) is 283 cm³/mol. The van der Waals surface area contributed by atoms with Gasteiger partial charge >= 0.3 is 7.12 Å². The fraction of sp³-hybridized carbons (Fsp3) is 0.0323. The standard InChI is InChI=1S/C31H24.C19H15Br.C12H11BO2/c1-3-7-26(8-4-1)28-15-11-24(12-16-28)23-25-13-17-29(18-14-25)31-21-19-30(20-22-31)27-9-5-2-6-10-27;20-19-12-8-16(9-13-19)14-15-6-10-18(11-7-15)17-4-2-1-3-5-17;14-13(15)12-8-6-11(7-9-12)10-4-2-1-3-5-10/h1-22H,23H2;1-13H,14H2;1-9,14-15H. The minimum Gasteiger partial charge on any atom is -0.423 e. The summed E-state index contributed by atoms with van der Waals surface area (Å²) in [6.07, 6.45) is 1.92. The van der Waals surface area contributed by atoms with E-state index in [1.807, 2.05) is 48.5 Å². The Kier molecular flexibility index (Phi) is 15.8. The van der Waals surface area contributed by atoms with Gasteiger partial charge in [-0.25, -0.2) is 0 Å². The Morgan fingerprint density at radius 1 is 0.242 bits per heavy atom. The van der Waals surface area contributed by atoms with Crippen LogP contribution in [0.25, 0.3) is 55.6 Å². The lowest BCUT2D eigenvalue weighted by Gasteiger charge is -2.08. The lowest BCUT2D eigenvalue weighted by Crippen LogP contribution is -2.29. The molecule has 10 rings (SSSR count). The van der Waals surface area contributed by atoms with Crippen LogP contribution in [0.15, 0.2) is 271 Å². The maximum absolute atomic E-state index is 8.94. The summed E-state index contributed by atoms with van der Waals surface area (Å²) in [6.45, 7) is 0. The molecule has 320 valence electrons. The van der Waals surface area contributed by atoms with Crippen LogP contribution in [-0.4, -0.2) is 17.2 Å². The molecule has 0 saturated heterocycles. The van der Waals surface area contributed by atoms with Gasteiger partial charge in [-0.2, -0.15) is 0 Å². The Labute approximate surface area is 398 Å². The maximum atomic E-state index is 8.94. The van der Waals surface area contributed by atoms with Gasteiger partial charge in [0, 0.05) is 4.47 Å². The number of hydrogen-bond acceptors (Lipinski definition) is 2. The van der Waals surface area contributed by atoms with E-state index in [4.69, 9.17) is 10.0 Å². The number of hydrogen-bond donors (Lipinski definition) is 2. The highest BCUT2D eigenvalue weighted by molar-refractivity contribution is 9.10. The topological polar surface area (TPSA) is 40.5 Å². The van der Waals surface area contributed by atoms with Crippen LogP contribution in [0, 0.1) is 0 Å². The molecule has 0 fully saturated rings. The molecule has 0 radical (unpaired) electrons. The molecule has 0 heterocycles. The molecular weight excluding hydrogens is 867 g/mol. The Morgan fingerprint density at radius 2 is 0.439 bits per heavy atom. The monoisotopic (exact) mass is 916 g/mol. The summed E-state index contributed by atoms with van der Waals surface area (Å²) in [5.74, 6) is 0. The van der Waals surface area contributed by atoms with Gasteiger partial charge in [0.25, 0.3) is 0 Å². The molecule has 2 N–H and O–H groups in total. The molecule has 0 amide bonds. The summed E-state index contributed by atoms with van der Waals surface area (Å²) in [4.78, 5) is 0. The first-order valence-electron chi connectivity index (χ1n) is 22.2. The fourth-order valence-electron chi connectivity index (χ4n) is 7.74. The molecule has 2 nitrogen and oxygen atoms in total. The number of benzene rings is 10. The van der Waals surface area contributed by atoms with Crippen molar-refractivity contribution in [1.29, 1.82) is 0 Å². The second-order valence-corrected chi connectivity index (χ2v) is 17.0. The number of rotatable bonds is 10. The summed E-state index contributed by atoms with van der Waals surface area (Å²) in [6, 6.07) is 92.6. The highest BCUT2D eigenvalue weighted by atomic mass is 79.9. The largest absolute Gasteiger partial charge is 0.488 e. The average Bonchev–Trinajstić information content (AvgIpc) is 3.39. The van der Waals surface area contributed by atoms with Gasteiger partial charge in [0.2, 0.25) is 0 Å². The lowest BCUT2D eigenvalue weighted by molar-refractivity contribution is 0.426. The van der Waals surface area contributed by atoms with Crippen molar-refractivity contribution in [2.45, 2.75) is 12.8 Å². The van der Waals surface area contributed by atoms with Gasteiger partial charge in [-0.1, -0.05) is 271 Å². The Morgan fingerprint density at radius 3 is 0.682 bits per heavy atom. The molecule has 0 aliphatic heterocycles. The fourth-order valence-corrected chi connectivity index (χ4v) is 8.01. The van der Waals surface area contributed by atoms with E-state index in [2.05, 4.69) is 222 Å². The second kappa shape index (κ2) is 23.0. The van der Waals surface area contributed by atoms with Crippen molar-refractivity contribution in [3.63, 3.8) is 0 Å². The average molecular weight is 918 g/mol. The van der Waals surface area contributed by atoms with Gasteiger partial charge in [-0.15, -0.1) is 0 Å². The molecule has 0 spiro atoms. The van der Waals surface area contributed by atoms with Gasteiger partial charge in [-0.05, 0) is 108 Å². The van der Waals surface area contributed by atoms with Crippen molar-refractivity contribution in [2.75, 3.05) is 0 Å². The van der Waals surface area contributed by atoms with Crippen LogP contribution in [0.5, 0.6) is 0 Å². The molecule has 0 aliphatic rings. The third-order valence-corrected chi connectivity index (χ3v) is 12.0. The van der Waals surface area contributed by atoms with Crippen molar-refractivity contribution in [3.8, 4) is 55.6 Å². The quantitative estimate of drug-likeness (QED) is 0.134. The van der Waals surface area contributed by atoms with Crippen molar-refractivity contribution in [2.24, 2.45) is 0 Å². The summed E-state index contributed by atoms with van der Waals surface area (Å²) in [7, 11) is -1.39. The Balaban J connectivity index is 0.000000145. The minimum atomic E-state index is -1.39. The zero-order valence-electron chi connectivity index (χ0n) is 36.7. The lowest BCUT2D eigenvalue weighted by atomic mass is 9.80. The van der Waals surface area contributed by atoms with Gasteiger partial charge in [0.05, 0.1) is 0 Å². The smallest absolute Gasteiger partial charge is 0.423 e. The Hall–Kier alpha value is -7.34. The van der Waals surface area contributed by atoms with E-state index < -0.39 is 7.12 Å². The van der Waals surface area contributed by atoms with Crippen molar-refractivity contribution < 1.29 is 10.0 Å². The van der Waals surface area contributed by atoms with Crippen LogP contribution >= 0.6 is 15.9 Å². The zero-order valence-corrected chi connectivity index (χ0v) is 38.3. The molecule has 0 aromatic heterocycles. The Bertz CT molecular complexity index is 2960. The molecule has 10 aromatic rings. The second-order valence-electron chi connectivity index (χ2n) is 16.1. The third-order valence-electron chi connectivity index (χ3n) is 11.4. The van der Waals surface area contributed by atoms with Gasteiger partial charge in [-0.3, -0.25) is 0 Å². The van der Waals surface area contributed by atoms with E-state index in [0.29, 0.717) is 5.46 Å². The predicted octanol–water partition coefficient (Wildman–Crippen LogP) is 15.0. The van der Waals surface area contributed by atoms with Crippen LogP contribution in [0.4, 0.5) is 0 Å². The van der Waals surface area contributed by atoms with Gasteiger partial charge in [0.15, 0.2) is 0 Å². The molecule has 0 bridgehead atoms. The SMILES string of the molecule is Brc1ccc(Cc2ccc(-c3ccccc3)cc2)cc1.OB(O)c1ccc(-c2ccccc2)cc1.c1ccc(-c2ccc(Cc3ccc(-c4ccc(-c5ccccc5)cc4)cc3)cc2)cc1. The first kappa shape index (κ1) is 45.2. The maximum Gasteiger partial charge on any atom is 0.488 e. The van der Waals surface area contributed by atoms with E-state index in [1.54, 1.807) is 12.1 Å². The van der Waals surface area contributed by atoms with Crippen LogP contribution in [0.3, 0.4) is 0 Å². The van der Waals surface area contributed by atoms with Crippen LogP contribution in [0.2, 0.25) is 0 Å². The molecule has 66 heavy (non-hydrogen) atoms. The molecule has 0 unspecified atom stereocenters. The third kappa shape index (κ3) is 12.9. The molecule has 4 heteroatoms. The number of halogens is 1. The van der Waals surface area contributed by atoms with E-state index in [9.17, 15) is 0 Å².